The van der Waals surface area contributed by atoms with Gasteiger partial charge in [0.25, 0.3) is 5.91 Å². The third kappa shape index (κ3) is 4.89. The maximum absolute atomic E-state index is 14.1. The number of furan rings is 1. The van der Waals surface area contributed by atoms with E-state index in [9.17, 15) is 27.9 Å². The van der Waals surface area contributed by atoms with Gasteiger partial charge in [0, 0.05) is 23.4 Å². The maximum Gasteiger partial charge on any atom is 0.392 e. The second-order valence-electron chi connectivity index (χ2n) is 8.74. The number of carboxylic acids is 1. The first-order valence-electron chi connectivity index (χ1n) is 11.1. The first-order chi connectivity index (χ1) is 16.9. The van der Waals surface area contributed by atoms with E-state index in [1.54, 1.807) is 31.9 Å². The fourth-order valence-electron chi connectivity index (χ4n) is 4.77. The van der Waals surface area contributed by atoms with Gasteiger partial charge in [-0.25, -0.2) is 0 Å². The summed E-state index contributed by atoms with van der Waals surface area (Å²) in [4.78, 5) is 28.0. The van der Waals surface area contributed by atoms with Crippen molar-refractivity contribution in [3.8, 4) is 0 Å². The van der Waals surface area contributed by atoms with Crippen LogP contribution in [0.2, 0.25) is 4.34 Å². The molecule has 0 amide bonds. The number of carboxylic acid groups (broad SMARTS) is 1. The zero-order valence-electron chi connectivity index (χ0n) is 19.6. The summed E-state index contributed by atoms with van der Waals surface area (Å²) in [5.74, 6) is -4.90. The second-order valence-corrected chi connectivity index (χ2v) is 10.5. The lowest BCUT2D eigenvalue weighted by Gasteiger charge is -2.37. The molecule has 3 aromatic rings. The molecule has 0 saturated carbocycles. The number of hydrogen-bond donors (Lipinski definition) is 2. The van der Waals surface area contributed by atoms with Crippen LogP contribution in [0.3, 0.4) is 0 Å². The van der Waals surface area contributed by atoms with E-state index in [1.165, 1.54) is 23.7 Å². The molecule has 3 atom stereocenters. The predicted molar refractivity (Wildman–Crippen MR) is 128 cm³/mol. The number of aromatic nitrogens is 2. The lowest BCUT2D eigenvalue weighted by molar-refractivity contribution is -0.191. The van der Waals surface area contributed by atoms with Gasteiger partial charge in [-0.05, 0) is 45.0 Å². The Balaban J connectivity index is 1.88. The Labute approximate surface area is 213 Å². The van der Waals surface area contributed by atoms with Gasteiger partial charge < -0.3 is 19.7 Å². The molecule has 2 N–H and O–H groups in total. The van der Waals surface area contributed by atoms with Crippen LogP contribution in [0, 0.1) is 19.8 Å². The SMILES string of the molecule is Cc1occc1C(=O)n1nc(C2C(C(=O)O)NCCC2C(F)(F)F)c(C)c1N(C)Cc1ccc(Cl)s1. The summed E-state index contributed by atoms with van der Waals surface area (Å²) in [6.07, 6.45) is -3.62. The first kappa shape index (κ1) is 26.2. The second kappa shape index (κ2) is 9.91. The number of rotatable bonds is 6. The molecular weight excluding hydrogens is 521 g/mol. The molecule has 1 aliphatic rings. The van der Waals surface area contributed by atoms with Crippen molar-refractivity contribution in [1.29, 1.82) is 0 Å². The number of carbonyl (C=O) groups is 2. The fraction of sp³-hybridized carbons (Fsp3) is 0.435. The molecule has 4 rings (SSSR count). The van der Waals surface area contributed by atoms with Crippen LogP contribution in [0.5, 0.6) is 0 Å². The zero-order valence-corrected chi connectivity index (χ0v) is 21.2. The van der Waals surface area contributed by atoms with Crippen LogP contribution in [0.1, 0.15) is 44.6 Å². The number of alkyl halides is 3. The van der Waals surface area contributed by atoms with Crippen LogP contribution in [0.25, 0.3) is 0 Å². The predicted octanol–water partition coefficient (Wildman–Crippen LogP) is 4.84. The summed E-state index contributed by atoms with van der Waals surface area (Å²) in [6.45, 7) is 3.35. The highest BCUT2D eigenvalue weighted by Crippen LogP contribution is 2.45. The van der Waals surface area contributed by atoms with E-state index in [2.05, 4.69) is 10.4 Å². The smallest absolute Gasteiger partial charge is 0.392 e. The average molecular weight is 545 g/mol. The molecule has 3 aromatic heterocycles. The van der Waals surface area contributed by atoms with Gasteiger partial charge in [0.05, 0.1) is 34.3 Å². The van der Waals surface area contributed by atoms with Crippen molar-refractivity contribution in [3.05, 3.63) is 56.3 Å². The number of aryl methyl sites for hydroxylation is 1. The number of aliphatic carboxylic acids is 1. The third-order valence-corrected chi connectivity index (χ3v) is 7.62. The van der Waals surface area contributed by atoms with Crippen LogP contribution in [-0.2, 0) is 11.3 Å². The minimum atomic E-state index is -4.65. The average Bonchev–Trinajstić information content (AvgIpc) is 3.50. The van der Waals surface area contributed by atoms with E-state index >= 15 is 0 Å². The molecule has 1 fully saturated rings. The Hall–Kier alpha value is -2.83. The van der Waals surface area contributed by atoms with Crippen molar-refractivity contribution >= 4 is 40.6 Å². The van der Waals surface area contributed by atoms with E-state index in [1.807, 2.05) is 6.07 Å². The number of nitrogens with one attached hydrogen (secondary N) is 1. The van der Waals surface area contributed by atoms with Gasteiger partial charge in [0.1, 0.15) is 17.6 Å². The number of anilines is 1. The van der Waals surface area contributed by atoms with Gasteiger partial charge >= 0.3 is 12.1 Å². The molecule has 4 heterocycles. The molecular formula is C23H24ClF3N4O4S. The lowest BCUT2D eigenvalue weighted by Crippen LogP contribution is -2.53. The summed E-state index contributed by atoms with van der Waals surface area (Å²) in [5.41, 5.74) is 0.406. The Morgan fingerprint density at radius 2 is 2.06 bits per heavy atom. The standard InChI is InChI=1S/C23H24ClF3N4O4S/c1-11-18(17-15(23(25,26)27)6-8-28-19(17)22(33)34)29-31(21(32)14-7-9-35-12(14)2)20(11)30(3)10-13-4-5-16(24)36-13/h4-5,7,9,15,17,19,28H,6,8,10H2,1-3H3,(H,33,34). The highest BCUT2D eigenvalue weighted by molar-refractivity contribution is 7.16. The summed E-state index contributed by atoms with van der Waals surface area (Å²) >= 11 is 7.38. The van der Waals surface area contributed by atoms with Crippen LogP contribution in [0.4, 0.5) is 19.0 Å². The van der Waals surface area contributed by atoms with Crippen molar-refractivity contribution in [2.24, 2.45) is 5.92 Å². The molecule has 0 radical (unpaired) electrons. The molecule has 1 aliphatic heterocycles. The molecule has 1 saturated heterocycles. The van der Waals surface area contributed by atoms with Gasteiger partial charge in [0.15, 0.2) is 0 Å². The van der Waals surface area contributed by atoms with Crippen molar-refractivity contribution in [2.45, 2.75) is 44.9 Å². The van der Waals surface area contributed by atoms with Crippen molar-refractivity contribution in [3.63, 3.8) is 0 Å². The third-order valence-electron chi connectivity index (χ3n) is 6.41. The van der Waals surface area contributed by atoms with Crippen molar-refractivity contribution < 1.29 is 32.3 Å². The number of nitrogens with zero attached hydrogens (tertiary/aromatic N) is 3. The molecule has 0 bridgehead atoms. The summed E-state index contributed by atoms with van der Waals surface area (Å²) in [5, 5.41) is 16.8. The van der Waals surface area contributed by atoms with Crippen LogP contribution in [0.15, 0.2) is 28.9 Å². The first-order valence-corrected chi connectivity index (χ1v) is 12.3. The number of thiophene rings is 1. The molecule has 194 valence electrons. The summed E-state index contributed by atoms with van der Waals surface area (Å²) < 4.78 is 49.1. The quantitative estimate of drug-likeness (QED) is 0.458. The van der Waals surface area contributed by atoms with Crippen molar-refractivity contribution in [1.82, 2.24) is 15.1 Å². The maximum atomic E-state index is 14.1. The van der Waals surface area contributed by atoms with Crippen molar-refractivity contribution in [2.75, 3.05) is 18.5 Å². The molecule has 0 aliphatic carbocycles. The number of hydrogen-bond acceptors (Lipinski definition) is 7. The fourth-order valence-corrected chi connectivity index (χ4v) is 5.91. The Kier molecular flexibility index (Phi) is 7.22. The molecule has 3 unspecified atom stereocenters. The van der Waals surface area contributed by atoms with E-state index < -0.39 is 35.9 Å². The molecule has 36 heavy (non-hydrogen) atoms. The van der Waals surface area contributed by atoms with E-state index in [0.717, 1.165) is 9.56 Å². The number of carbonyl (C=O) groups excluding carboxylic acids is 1. The van der Waals surface area contributed by atoms with Gasteiger partial charge in [-0.1, -0.05) is 11.6 Å². The molecule has 0 aromatic carbocycles. The highest BCUT2D eigenvalue weighted by atomic mass is 35.5. The Morgan fingerprint density at radius 1 is 1.33 bits per heavy atom. The topological polar surface area (TPSA) is 101 Å². The van der Waals surface area contributed by atoms with Gasteiger partial charge in [-0.2, -0.15) is 23.0 Å². The summed E-state index contributed by atoms with van der Waals surface area (Å²) in [6, 6.07) is 3.47. The van der Waals surface area contributed by atoms with Crippen LogP contribution in [-0.4, -0.2) is 52.6 Å². The summed E-state index contributed by atoms with van der Waals surface area (Å²) in [7, 11) is 1.68. The molecule has 0 spiro atoms. The number of piperidine rings is 1. The van der Waals surface area contributed by atoms with Gasteiger partial charge in [-0.15, -0.1) is 11.3 Å². The number of halogens is 4. The normalized spacial score (nSPS) is 20.5. The van der Waals surface area contributed by atoms with E-state index in [4.69, 9.17) is 16.0 Å². The van der Waals surface area contributed by atoms with E-state index in [0.29, 0.717) is 22.2 Å². The minimum Gasteiger partial charge on any atom is -0.480 e. The monoisotopic (exact) mass is 544 g/mol. The zero-order chi connectivity index (χ0) is 26.4. The highest BCUT2D eigenvalue weighted by Gasteiger charge is 2.53. The van der Waals surface area contributed by atoms with E-state index in [-0.39, 0.29) is 30.0 Å². The van der Waals surface area contributed by atoms with Crippen LogP contribution < -0.4 is 10.2 Å². The van der Waals surface area contributed by atoms with Crippen LogP contribution >= 0.6 is 22.9 Å². The molecule has 13 heteroatoms. The Morgan fingerprint density at radius 3 is 2.61 bits per heavy atom. The Bertz CT molecular complexity index is 1280. The minimum absolute atomic E-state index is 0.0857. The largest absolute Gasteiger partial charge is 0.480 e. The lowest BCUT2D eigenvalue weighted by atomic mass is 9.77. The van der Waals surface area contributed by atoms with Gasteiger partial charge in [0.2, 0.25) is 0 Å². The molecule has 8 nitrogen and oxygen atoms in total. The van der Waals surface area contributed by atoms with Gasteiger partial charge in [-0.3, -0.25) is 9.59 Å².